The minimum atomic E-state index is -0.176. The van der Waals surface area contributed by atoms with Crippen LogP contribution in [0.5, 0.6) is 5.75 Å². The van der Waals surface area contributed by atoms with E-state index in [9.17, 15) is 4.39 Å². The molecule has 106 valence electrons. The monoisotopic (exact) mass is 265 g/mol. The Morgan fingerprint density at radius 2 is 2.11 bits per heavy atom. The van der Waals surface area contributed by atoms with Gasteiger partial charge in [-0.25, -0.2) is 4.39 Å². The normalized spacial score (nSPS) is 17.6. The Bertz CT molecular complexity index is 402. The van der Waals surface area contributed by atoms with Crippen LogP contribution in [0.2, 0.25) is 0 Å². The Balaban J connectivity index is 1.99. The fraction of sp³-hybridized carbons (Fsp3) is 0.625. The van der Waals surface area contributed by atoms with E-state index in [0.29, 0.717) is 5.75 Å². The molecule has 1 unspecified atom stereocenters. The van der Waals surface area contributed by atoms with Crippen molar-refractivity contribution < 1.29 is 9.13 Å². The first kappa shape index (κ1) is 14.3. The SMILES string of the molecule is CNC(CCC1CCCC1)c1ccc(OC)cc1F. The van der Waals surface area contributed by atoms with Gasteiger partial charge in [-0.2, -0.15) is 0 Å². The second-order valence-electron chi connectivity index (χ2n) is 5.46. The highest BCUT2D eigenvalue weighted by atomic mass is 19.1. The van der Waals surface area contributed by atoms with E-state index in [2.05, 4.69) is 5.32 Å². The summed E-state index contributed by atoms with van der Waals surface area (Å²) in [5, 5.41) is 3.24. The van der Waals surface area contributed by atoms with Crippen molar-refractivity contribution in [2.45, 2.75) is 44.6 Å². The summed E-state index contributed by atoms with van der Waals surface area (Å²) in [7, 11) is 3.47. The van der Waals surface area contributed by atoms with Crippen LogP contribution in [0.25, 0.3) is 0 Å². The van der Waals surface area contributed by atoms with E-state index in [0.717, 1.165) is 17.9 Å². The molecule has 0 heterocycles. The maximum absolute atomic E-state index is 14.1. The number of rotatable bonds is 6. The van der Waals surface area contributed by atoms with Crippen molar-refractivity contribution in [3.8, 4) is 5.75 Å². The first-order valence-corrected chi connectivity index (χ1v) is 7.25. The zero-order valence-corrected chi connectivity index (χ0v) is 11.9. The predicted molar refractivity (Wildman–Crippen MR) is 75.9 cm³/mol. The Morgan fingerprint density at radius 3 is 2.68 bits per heavy atom. The average molecular weight is 265 g/mol. The van der Waals surface area contributed by atoms with Crippen molar-refractivity contribution >= 4 is 0 Å². The maximum atomic E-state index is 14.1. The summed E-state index contributed by atoms with van der Waals surface area (Å²) < 4.78 is 19.1. The van der Waals surface area contributed by atoms with E-state index in [1.807, 2.05) is 19.2 Å². The zero-order valence-electron chi connectivity index (χ0n) is 11.9. The molecule has 1 aromatic rings. The van der Waals surface area contributed by atoms with Crippen LogP contribution in [0, 0.1) is 11.7 Å². The summed E-state index contributed by atoms with van der Waals surface area (Å²) in [5.41, 5.74) is 0.751. The van der Waals surface area contributed by atoms with E-state index in [1.54, 1.807) is 7.11 Å². The van der Waals surface area contributed by atoms with Crippen molar-refractivity contribution in [1.82, 2.24) is 5.32 Å². The predicted octanol–water partition coefficient (Wildman–Crippen LogP) is 4.07. The van der Waals surface area contributed by atoms with Gasteiger partial charge in [-0.3, -0.25) is 0 Å². The van der Waals surface area contributed by atoms with Gasteiger partial charge in [0.1, 0.15) is 11.6 Å². The highest BCUT2D eigenvalue weighted by Gasteiger charge is 2.19. The van der Waals surface area contributed by atoms with E-state index in [-0.39, 0.29) is 11.9 Å². The zero-order chi connectivity index (χ0) is 13.7. The first-order chi connectivity index (χ1) is 9.24. The molecular weight excluding hydrogens is 241 g/mol. The number of halogens is 1. The maximum Gasteiger partial charge on any atom is 0.131 e. The molecule has 1 atom stereocenters. The van der Waals surface area contributed by atoms with E-state index in [1.165, 1.54) is 38.2 Å². The lowest BCUT2D eigenvalue weighted by molar-refractivity contribution is 0.403. The van der Waals surface area contributed by atoms with Crippen molar-refractivity contribution in [2.75, 3.05) is 14.2 Å². The molecule has 0 saturated heterocycles. The van der Waals surface area contributed by atoms with Crippen LogP contribution < -0.4 is 10.1 Å². The molecule has 1 N–H and O–H groups in total. The average Bonchev–Trinajstić information content (AvgIpc) is 2.94. The number of hydrogen-bond acceptors (Lipinski definition) is 2. The minimum absolute atomic E-state index is 0.103. The van der Waals surface area contributed by atoms with Crippen LogP contribution in [-0.4, -0.2) is 14.2 Å². The molecule has 2 rings (SSSR count). The number of nitrogens with one attached hydrogen (secondary N) is 1. The Labute approximate surface area is 115 Å². The largest absolute Gasteiger partial charge is 0.497 e. The highest BCUT2D eigenvalue weighted by molar-refractivity contribution is 5.30. The molecule has 1 aliphatic carbocycles. The third kappa shape index (κ3) is 3.69. The second-order valence-corrected chi connectivity index (χ2v) is 5.46. The lowest BCUT2D eigenvalue weighted by atomic mass is 9.94. The van der Waals surface area contributed by atoms with Crippen LogP contribution in [0.1, 0.15) is 50.1 Å². The van der Waals surface area contributed by atoms with Crippen molar-refractivity contribution in [2.24, 2.45) is 5.92 Å². The fourth-order valence-electron chi connectivity index (χ4n) is 3.07. The highest BCUT2D eigenvalue weighted by Crippen LogP contribution is 2.32. The van der Waals surface area contributed by atoms with Gasteiger partial charge in [0, 0.05) is 17.7 Å². The summed E-state index contributed by atoms with van der Waals surface area (Å²) in [6, 6.07) is 5.24. The van der Waals surface area contributed by atoms with Crippen LogP contribution in [0.4, 0.5) is 4.39 Å². The van der Waals surface area contributed by atoms with Crippen molar-refractivity contribution in [3.63, 3.8) is 0 Å². The molecule has 0 radical (unpaired) electrons. The summed E-state index contributed by atoms with van der Waals surface area (Å²) in [5.74, 6) is 1.24. The molecule has 2 nitrogen and oxygen atoms in total. The Hall–Kier alpha value is -1.09. The molecule has 0 amide bonds. The van der Waals surface area contributed by atoms with Gasteiger partial charge in [-0.1, -0.05) is 31.7 Å². The smallest absolute Gasteiger partial charge is 0.131 e. The Morgan fingerprint density at radius 1 is 1.37 bits per heavy atom. The van der Waals surface area contributed by atoms with Gasteiger partial charge in [-0.15, -0.1) is 0 Å². The fourth-order valence-corrected chi connectivity index (χ4v) is 3.07. The van der Waals surface area contributed by atoms with Gasteiger partial charge in [0.05, 0.1) is 7.11 Å². The lowest BCUT2D eigenvalue weighted by Crippen LogP contribution is -2.18. The summed E-state index contributed by atoms with van der Waals surface area (Å²) in [6.07, 6.45) is 7.63. The molecular formula is C16H24FNO. The number of hydrogen-bond donors (Lipinski definition) is 1. The lowest BCUT2D eigenvalue weighted by Gasteiger charge is -2.19. The first-order valence-electron chi connectivity index (χ1n) is 7.25. The van der Waals surface area contributed by atoms with Gasteiger partial charge in [0.15, 0.2) is 0 Å². The third-order valence-electron chi connectivity index (χ3n) is 4.27. The molecule has 19 heavy (non-hydrogen) atoms. The molecule has 0 aliphatic heterocycles. The molecule has 1 aliphatic rings. The quantitative estimate of drug-likeness (QED) is 0.837. The van der Waals surface area contributed by atoms with Crippen molar-refractivity contribution in [3.05, 3.63) is 29.6 Å². The third-order valence-corrected chi connectivity index (χ3v) is 4.27. The molecule has 1 fully saturated rings. The Kier molecular flexibility index (Phi) is 5.20. The van der Waals surface area contributed by atoms with Gasteiger partial charge in [0.25, 0.3) is 0 Å². The van der Waals surface area contributed by atoms with E-state index in [4.69, 9.17) is 4.74 Å². The van der Waals surface area contributed by atoms with Crippen LogP contribution in [0.15, 0.2) is 18.2 Å². The summed E-state index contributed by atoms with van der Waals surface area (Å²) in [4.78, 5) is 0. The minimum Gasteiger partial charge on any atom is -0.497 e. The van der Waals surface area contributed by atoms with Gasteiger partial charge in [-0.05, 0) is 31.9 Å². The standard InChI is InChI=1S/C16H24FNO/c1-18-16(10-7-12-5-3-4-6-12)14-9-8-13(19-2)11-15(14)17/h8-9,11-12,16,18H,3-7,10H2,1-2H3. The summed E-state index contributed by atoms with van der Waals surface area (Å²) in [6.45, 7) is 0. The van der Waals surface area contributed by atoms with Crippen LogP contribution >= 0.6 is 0 Å². The van der Waals surface area contributed by atoms with Gasteiger partial charge >= 0.3 is 0 Å². The van der Waals surface area contributed by atoms with E-state index >= 15 is 0 Å². The molecule has 0 aromatic heterocycles. The van der Waals surface area contributed by atoms with Crippen LogP contribution in [0.3, 0.4) is 0 Å². The number of benzene rings is 1. The molecule has 0 spiro atoms. The molecule has 0 bridgehead atoms. The number of ether oxygens (including phenoxy) is 1. The van der Waals surface area contributed by atoms with Crippen molar-refractivity contribution in [1.29, 1.82) is 0 Å². The second kappa shape index (κ2) is 6.90. The van der Waals surface area contributed by atoms with Crippen LogP contribution in [-0.2, 0) is 0 Å². The topological polar surface area (TPSA) is 21.3 Å². The summed E-state index contributed by atoms with van der Waals surface area (Å²) >= 11 is 0. The van der Waals surface area contributed by atoms with Gasteiger partial charge in [0.2, 0.25) is 0 Å². The van der Waals surface area contributed by atoms with E-state index < -0.39 is 0 Å². The number of methoxy groups -OCH3 is 1. The molecule has 1 saturated carbocycles. The van der Waals surface area contributed by atoms with Gasteiger partial charge < -0.3 is 10.1 Å². The molecule has 3 heteroatoms. The molecule has 1 aromatic carbocycles.